The number of likely N-dealkylation sites (tertiary alicyclic amines) is 1. The summed E-state index contributed by atoms with van der Waals surface area (Å²) in [6.07, 6.45) is 1.11. The van der Waals surface area contributed by atoms with Crippen molar-refractivity contribution >= 4 is 28.5 Å². The highest BCUT2D eigenvalue weighted by Crippen LogP contribution is 2.22. The van der Waals surface area contributed by atoms with Crippen LogP contribution in [0.2, 0.25) is 0 Å². The molecule has 2 fully saturated rings. The predicted octanol–water partition coefficient (Wildman–Crippen LogP) is 1.72. The topological polar surface area (TPSA) is 35.6 Å². The zero-order valence-electron chi connectivity index (χ0n) is 12.4. The quantitative estimate of drug-likeness (QED) is 0.770. The van der Waals surface area contributed by atoms with Gasteiger partial charge in [-0.05, 0) is 53.6 Å². The molecular weight excluding hydrogens is 377 g/mol. The van der Waals surface area contributed by atoms with Crippen molar-refractivity contribution in [1.82, 2.24) is 15.1 Å². The SMILES string of the molecule is Cc1c(I)cccc1C(=O)N1CCC(N2CCNCC2)C1. The smallest absolute Gasteiger partial charge is 0.254 e. The average Bonchev–Trinajstić information content (AvgIpc) is 3.00. The van der Waals surface area contributed by atoms with Gasteiger partial charge in [0.15, 0.2) is 0 Å². The van der Waals surface area contributed by atoms with E-state index in [0.29, 0.717) is 6.04 Å². The highest BCUT2D eigenvalue weighted by molar-refractivity contribution is 14.1. The molecule has 114 valence electrons. The molecule has 1 unspecified atom stereocenters. The first-order valence-electron chi connectivity index (χ1n) is 7.66. The Labute approximate surface area is 140 Å². The van der Waals surface area contributed by atoms with Gasteiger partial charge in [-0.2, -0.15) is 0 Å². The molecule has 3 rings (SSSR count). The van der Waals surface area contributed by atoms with Gasteiger partial charge in [-0.3, -0.25) is 9.69 Å². The minimum absolute atomic E-state index is 0.198. The van der Waals surface area contributed by atoms with E-state index in [-0.39, 0.29) is 5.91 Å². The van der Waals surface area contributed by atoms with E-state index in [0.717, 1.165) is 60.4 Å². The zero-order valence-corrected chi connectivity index (χ0v) is 14.6. The molecule has 1 aromatic rings. The molecule has 0 spiro atoms. The molecule has 0 saturated carbocycles. The number of nitrogens with one attached hydrogen (secondary N) is 1. The van der Waals surface area contributed by atoms with Gasteiger partial charge in [-0.1, -0.05) is 6.07 Å². The van der Waals surface area contributed by atoms with Crippen molar-refractivity contribution in [3.8, 4) is 0 Å². The minimum Gasteiger partial charge on any atom is -0.337 e. The predicted molar refractivity (Wildman–Crippen MR) is 92.6 cm³/mol. The molecule has 0 bridgehead atoms. The zero-order chi connectivity index (χ0) is 14.8. The summed E-state index contributed by atoms with van der Waals surface area (Å²) in [7, 11) is 0. The Morgan fingerprint density at radius 2 is 2.05 bits per heavy atom. The van der Waals surface area contributed by atoms with Crippen LogP contribution >= 0.6 is 22.6 Å². The van der Waals surface area contributed by atoms with E-state index in [2.05, 4.69) is 38.9 Å². The third-order valence-corrected chi connectivity index (χ3v) is 5.79. The second-order valence-corrected chi connectivity index (χ2v) is 7.05. The maximum Gasteiger partial charge on any atom is 0.254 e. The maximum atomic E-state index is 12.7. The van der Waals surface area contributed by atoms with Crippen molar-refractivity contribution in [2.45, 2.75) is 19.4 Å². The van der Waals surface area contributed by atoms with Gasteiger partial charge in [0.25, 0.3) is 5.91 Å². The van der Waals surface area contributed by atoms with Crippen LogP contribution in [0.15, 0.2) is 18.2 Å². The van der Waals surface area contributed by atoms with Crippen molar-refractivity contribution in [1.29, 1.82) is 0 Å². The number of carbonyl (C=O) groups is 1. The van der Waals surface area contributed by atoms with Crippen LogP contribution in [0, 0.1) is 10.5 Å². The fraction of sp³-hybridized carbons (Fsp3) is 0.562. The highest BCUT2D eigenvalue weighted by atomic mass is 127. The summed E-state index contributed by atoms with van der Waals surface area (Å²) in [6, 6.07) is 6.53. The van der Waals surface area contributed by atoms with Gasteiger partial charge in [-0.25, -0.2) is 0 Å². The lowest BCUT2D eigenvalue weighted by atomic mass is 10.1. The van der Waals surface area contributed by atoms with Crippen LogP contribution < -0.4 is 5.32 Å². The molecule has 4 nitrogen and oxygen atoms in total. The third kappa shape index (κ3) is 3.24. The number of halogens is 1. The first-order chi connectivity index (χ1) is 10.2. The highest BCUT2D eigenvalue weighted by Gasteiger charge is 2.31. The molecule has 2 heterocycles. The molecular formula is C16H22IN3O. The van der Waals surface area contributed by atoms with Crippen molar-refractivity contribution in [3.05, 3.63) is 32.9 Å². The summed E-state index contributed by atoms with van der Waals surface area (Å²) >= 11 is 2.30. The molecule has 1 N–H and O–H groups in total. The Hall–Kier alpha value is -0.660. The van der Waals surface area contributed by atoms with Crippen LogP contribution in [0.1, 0.15) is 22.3 Å². The first kappa shape index (κ1) is 15.2. The number of benzene rings is 1. The van der Waals surface area contributed by atoms with Crippen molar-refractivity contribution < 1.29 is 4.79 Å². The minimum atomic E-state index is 0.198. The van der Waals surface area contributed by atoms with Gasteiger partial charge >= 0.3 is 0 Å². The third-order valence-electron chi connectivity index (χ3n) is 4.62. The van der Waals surface area contributed by atoms with Crippen LogP contribution in [0.4, 0.5) is 0 Å². The number of hydrogen-bond donors (Lipinski definition) is 1. The average molecular weight is 399 g/mol. The summed E-state index contributed by atoms with van der Waals surface area (Å²) in [5, 5.41) is 3.39. The number of hydrogen-bond acceptors (Lipinski definition) is 3. The van der Waals surface area contributed by atoms with Crippen molar-refractivity contribution in [3.63, 3.8) is 0 Å². The Kier molecular flexibility index (Phi) is 4.81. The largest absolute Gasteiger partial charge is 0.337 e. The normalized spacial score (nSPS) is 23.5. The van der Waals surface area contributed by atoms with Gasteiger partial charge in [0.05, 0.1) is 0 Å². The second kappa shape index (κ2) is 6.62. The number of nitrogens with zero attached hydrogens (tertiary/aromatic N) is 2. The molecule has 1 atom stereocenters. The summed E-state index contributed by atoms with van der Waals surface area (Å²) in [4.78, 5) is 17.3. The van der Waals surface area contributed by atoms with E-state index >= 15 is 0 Å². The number of rotatable bonds is 2. The lowest BCUT2D eigenvalue weighted by Gasteiger charge is -2.32. The van der Waals surface area contributed by atoms with E-state index in [1.807, 2.05) is 24.0 Å². The van der Waals surface area contributed by atoms with Crippen molar-refractivity contribution in [2.24, 2.45) is 0 Å². The Morgan fingerprint density at radius 3 is 2.81 bits per heavy atom. The van der Waals surface area contributed by atoms with Crippen molar-refractivity contribution in [2.75, 3.05) is 39.3 Å². The van der Waals surface area contributed by atoms with Crippen LogP contribution in [0.25, 0.3) is 0 Å². The Balaban J connectivity index is 1.68. The molecule has 2 aliphatic rings. The number of piperazine rings is 1. The Morgan fingerprint density at radius 1 is 1.29 bits per heavy atom. The lowest BCUT2D eigenvalue weighted by Crippen LogP contribution is -2.49. The van der Waals surface area contributed by atoms with Crippen LogP contribution in [-0.4, -0.2) is 61.0 Å². The number of carbonyl (C=O) groups excluding carboxylic acids is 1. The number of amides is 1. The second-order valence-electron chi connectivity index (χ2n) is 5.89. The molecule has 0 radical (unpaired) electrons. The van der Waals surface area contributed by atoms with Crippen LogP contribution in [0.3, 0.4) is 0 Å². The maximum absolute atomic E-state index is 12.7. The summed E-state index contributed by atoms with van der Waals surface area (Å²) in [5.74, 6) is 0.198. The fourth-order valence-electron chi connectivity index (χ4n) is 3.28. The van der Waals surface area contributed by atoms with E-state index in [9.17, 15) is 4.79 Å². The molecule has 2 saturated heterocycles. The molecule has 2 aliphatic heterocycles. The molecule has 1 amide bonds. The standard InChI is InChI=1S/C16H22IN3O/c1-12-14(3-2-4-15(12)17)16(21)20-8-5-13(11-20)19-9-6-18-7-10-19/h2-4,13,18H,5-11H2,1H3. The van der Waals surface area contributed by atoms with E-state index in [1.165, 1.54) is 0 Å². The molecule has 0 aliphatic carbocycles. The molecule has 5 heteroatoms. The van der Waals surface area contributed by atoms with E-state index in [1.54, 1.807) is 0 Å². The molecule has 21 heavy (non-hydrogen) atoms. The first-order valence-corrected chi connectivity index (χ1v) is 8.74. The molecule has 1 aromatic carbocycles. The lowest BCUT2D eigenvalue weighted by molar-refractivity contribution is 0.0772. The fourth-order valence-corrected chi connectivity index (χ4v) is 3.78. The Bertz CT molecular complexity index is 528. The van der Waals surface area contributed by atoms with Crippen LogP contribution in [-0.2, 0) is 0 Å². The summed E-state index contributed by atoms with van der Waals surface area (Å²) < 4.78 is 1.16. The van der Waals surface area contributed by atoms with Crippen LogP contribution in [0.5, 0.6) is 0 Å². The monoisotopic (exact) mass is 399 g/mol. The van der Waals surface area contributed by atoms with Gasteiger partial charge < -0.3 is 10.2 Å². The van der Waals surface area contributed by atoms with Gasteiger partial charge in [0.2, 0.25) is 0 Å². The van der Waals surface area contributed by atoms with E-state index in [4.69, 9.17) is 0 Å². The summed E-state index contributed by atoms with van der Waals surface area (Å²) in [5.41, 5.74) is 1.97. The summed E-state index contributed by atoms with van der Waals surface area (Å²) in [6.45, 7) is 8.16. The van der Waals surface area contributed by atoms with Gasteiger partial charge in [0, 0.05) is 54.4 Å². The van der Waals surface area contributed by atoms with Gasteiger partial charge in [-0.15, -0.1) is 0 Å². The molecule has 0 aromatic heterocycles. The van der Waals surface area contributed by atoms with E-state index < -0.39 is 0 Å². The van der Waals surface area contributed by atoms with Gasteiger partial charge in [0.1, 0.15) is 0 Å².